The van der Waals surface area contributed by atoms with E-state index in [1.807, 2.05) is 44.3 Å². The van der Waals surface area contributed by atoms with Crippen molar-refractivity contribution >= 4 is 28.9 Å². The Hall–Kier alpha value is -2.98. The number of aliphatic hydroxyl groups excluding tert-OH is 2. The monoisotopic (exact) mass is 587 g/mol. The van der Waals surface area contributed by atoms with Crippen LogP contribution in [0.1, 0.15) is 51.7 Å². The van der Waals surface area contributed by atoms with Gasteiger partial charge in [-0.1, -0.05) is 67.2 Å². The molecule has 2 aromatic rings. The zero-order valence-electron chi connectivity index (χ0n) is 26.5. The van der Waals surface area contributed by atoms with E-state index in [1.54, 1.807) is 14.2 Å². The molecule has 0 aliphatic heterocycles. The first-order valence-corrected chi connectivity index (χ1v) is 14.4. The average molecular weight is 588 g/mol. The maximum absolute atomic E-state index is 9.42. The van der Waals surface area contributed by atoms with E-state index in [0.717, 1.165) is 49.5 Å². The van der Waals surface area contributed by atoms with Crippen LogP contribution >= 0.6 is 12.2 Å². The van der Waals surface area contributed by atoms with Crippen LogP contribution in [0.15, 0.2) is 71.0 Å². The van der Waals surface area contributed by atoms with E-state index >= 15 is 0 Å². The minimum atomic E-state index is 0.181. The molecule has 0 amide bonds. The summed E-state index contributed by atoms with van der Waals surface area (Å²) < 4.78 is 4.25. The molecule has 1 unspecified atom stereocenters. The Morgan fingerprint density at radius 2 is 1.68 bits per heavy atom. The molecular formula is C32H53N5O3S. The molecule has 2 atom stereocenters. The van der Waals surface area contributed by atoms with Gasteiger partial charge in [0.2, 0.25) is 0 Å². The molecule has 0 aromatic heterocycles. The van der Waals surface area contributed by atoms with E-state index in [4.69, 9.17) is 22.3 Å². The number of para-hydroxylation sites is 1. The van der Waals surface area contributed by atoms with Gasteiger partial charge >= 0.3 is 0 Å². The summed E-state index contributed by atoms with van der Waals surface area (Å²) in [5.41, 5.74) is 4.25. The van der Waals surface area contributed by atoms with Crippen molar-refractivity contribution in [2.45, 2.75) is 60.0 Å². The van der Waals surface area contributed by atoms with E-state index < -0.39 is 0 Å². The first-order valence-electron chi connectivity index (χ1n) is 14.0. The molecule has 0 saturated heterocycles. The Morgan fingerprint density at radius 3 is 2.24 bits per heavy atom. The molecule has 0 saturated carbocycles. The van der Waals surface area contributed by atoms with Crippen molar-refractivity contribution < 1.29 is 14.9 Å². The summed E-state index contributed by atoms with van der Waals surface area (Å²) in [7, 11) is 6.28. The summed E-state index contributed by atoms with van der Waals surface area (Å²) in [6.07, 6.45) is 1.87. The number of aryl methyl sites for hydroxylation is 1. The molecule has 0 aliphatic rings. The smallest absolute Gasteiger partial charge is 0.199 e. The number of guanidine groups is 1. The Bertz CT molecular complexity index is 1050. The molecule has 2 aromatic carbocycles. The highest BCUT2D eigenvalue weighted by molar-refractivity contribution is 7.81. The van der Waals surface area contributed by atoms with Crippen LogP contribution in [0, 0.1) is 12.8 Å². The quantitative estimate of drug-likeness (QED) is 0.0985. The second-order valence-corrected chi connectivity index (χ2v) is 10.3. The van der Waals surface area contributed by atoms with Gasteiger partial charge in [0.15, 0.2) is 5.96 Å². The van der Waals surface area contributed by atoms with Crippen LogP contribution in [-0.2, 0) is 11.3 Å². The number of nitrogens with zero attached hydrogens (tertiary/aromatic N) is 2. The molecule has 0 heterocycles. The van der Waals surface area contributed by atoms with Crippen LogP contribution in [0.5, 0.6) is 0 Å². The lowest BCUT2D eigenvalue weighted by molar-refractivity contribution is 0.225. The number of thiocarbonyl (C=S) groups is 1. The molecule has 2 rings (SSSR count). The van der Waals surface area contributed by atoms with Gasteiger partial charge in [0.25, 0.3) is 0 Å². The second kappa shape index (κ2) is 22.7. The van der Waals surface area contributed by atoms with Crippen molar-refractivity contribution in [2.24, 2.45) is 10.9 Å². The molecule has 0 aliphatic carbocycles. The second-order valence-electron chi connectivity index (χ2n) is 9.91. The Labute approximate surface area is 253 Å². The predicted molar refractivity (Wildman–Crippen MR) is 178 cm³/mol. The number of ether oxygens (including phenoxy) is 1. The third kappa shape index (κ3) is 16.2. The maximum Gasteiger partial charge on any atom is 0.199 e. The van der Waals surface area contributed by atoms with Crippen molar-refractivity contribution in [3.05, 3.63) is 77.1 Å². The van der Waals surface area contributed by atoms with Crippen LogP contribution in [0.25, 0.3) is 0 Å². The summed E-state index contributed by atoms with van der Waals surface area (Å²) in [5.74, 6) is 1.88. The number of aliphatic hydroxyl groups is 2. The van der Waals surface area contributed by atoms with Gasteiger partial charge in [-0.3, -0.25) is 0 Å². The summed E-state index contributed by atoms with van der Waals surface area (Å²) in [6.45, 7) is 12.0. The van der Waals surface area contributed by atoms with Gasteiger partial charge in [-0.05, 0) is 64.2 Å². The SMILES string of the molecule is CCN(C)C(=NCc1cccc(C)c1)N/C(N[C@H](C)CCC(C)CO)=C(\C)C(=S)Nc1ccccc1.CO.COC. The van der Waals surface area contributed by atoms with E-state index in [0.29, 0.717) is 11.5 Å². The van der Waals surface area contributed by atoms with Crippen LogP contribution in [0.4, 0.5) is 5.69 Å². The van der Waals surface area contributed by atoms with Crippen molar-refractivity contribution in [1.82, 2.24) is 15.5 Å². The highest BCUT2D eigenvalue weighted by Gasteiger charge is 2.16. The summed E-state index contributed by atoms with van der Waals surface area (Å²) in [6, 6.07) is 18.6. The first-order chi connectivity index (χ1) is 19.6. The van der Waals surface area contributed by atoms with Crippen LogP contribution < -0.4 is 16.0 Å². The Kier molecular flexibility index (Phi) is 21.0. The molecule has 0 radical (unpaired) electrons. The molecular weight excluding hydrogens is 534 g/mol. The van der Waals surface area contributed by atoms with Gasteiger partial charge in [-0.15, -0.1) is 0 Å². The van der Waals surface area contributed by atoms with Gasteiger partial charge in [0.1, 0.15) is 10.8 Å². The van der Waals surface area contributed by atoms with E-state index in [2.05, 4.69) is 77.5 Å². The number of rotatable bonds is 12. The Morgan fingerprint density at radius 1 is 1.05 bits per heavy atom. The third-order valence-electron chi connectivity index (χ3n) is 6.11. The van der Waals surface area contributed by atoms with Gasteiger partial charge in [0.05, 0.1) is 6.54 Å². The zero-order valence-corrected chi connectivity index (χ0v) is 27.3. The van der Waals surface area contributed by atoms with Gasteiger partial charge in [0, 0.05) is 58.8 Å². The van der Waals surface area contributed by atoms with E-state index in [-0.39, 0.29) is 18.6 Å². The topological polar surface area (TPSA) is 101 Å². The van der Waals surface area contributed by atoms with Crippen LogP contribution in [-0.4, -0.2) is 73.6 Å². The minimum Gasteiger partial charge on any atom is -0.400 e. The third-order valence-corrected chi connectivity index (χ3v) is 6.52. The normalized spacial score (nSPS) is 12.8. The molecule has 0 fully saturated rings. The summed E-state index contributed by atoms with van der Waals surface area (Å²) in [5, 5.41) is 26.9. The average Bonchev–Trinajstić information content (AvgIpc) is 2.98. The van der Waals surface area contributed by atoms with Gasteiger partial charge in [-0.2, -0.15) is 0 Å². The lowest BCUT2D eigenvalue weighted by Crippen LogP contribution is -2.44. The van der Waals surface area contributed by atoms with Crippen molar-refractivity contribution in [1.29, 1.82) is 0 Å². The molecule has 5 N–H and O–H groups in total. The van der Waals surface area contributed by atoms with E-state index in [9.17, 15) is 5.11 Å². The number of hydrogen-bond acceptors (Lipinski definition) is 6. The predicted octanol–water partition coefficient (Wildman–Crippen LogP) is 5.32. The van der Waals surface area contributed by atoms with E-state index in [1.165, 1.54) is 11.1 Å². The maximum atomic E-state index is 9.42. The fraction of sp³-hybridized carbons (Fsp3) is 0.500. The highest BCUT2D eigenvalue weighted by Crippen LogP contribution is 2.13. The lowest BCUT2D eigenvalue weighted by Gasteiger charge is -2.27. The molecule has 8 nitrogen and oxygen atoms in total. The molecule has 41 heavy (non-hydrogen) atoms. The van der Waals surface area contributed by atoms with Gasteiger partial charge in [-0.25, -0.2) is 4.99 Å². The fourth-order valence-electron chi connectivity index (χ4n) is 3.54. The number of methoxy groups -OCH3 is 1. The van der Waals surface area contributed by atoms with Crippen LogP contribution in [0.3, 0.4) is 0 Å². The highest BCUT2D eigenvalue weighted by atomic mass is 32.1. The van der Waals surface area contributed by atoms with Crippen molar-refractivity contribution in [2.75, 3.05) is 46.8 Å². The lowest BCUT2D eigenvalue weighted by atomic mass is 10.0. The largest absolute Gasteiger partial charge is 0.400 e. The molecule has 0 spiro atoms. The number of aliphatic imine (C=N–C) groups is 1. The van der Waals surface area contributed by atoms with Gasteiger partial charge < -0.3 is 35.8 Å². The minimum absolute atomic E-state index is 0.181. The number of nitrogens with one attached hydrogen (secondary N) is 3. The summed E-state index contributed by atoms with van der Waals surface area (Å²) in [4.78, 5) is 7.66. The molecule has 9 heteroatoms. The van der Waals surface area contributed by atoms with Crippen molar-refractivity contribution in [3.63, 3.8) is 0 Å². The molecule has 230 valence electrons. The van der Waals surface area contributed by atoms with Crippen molar-refractivity contribution in [3.8, 4) is 0 Å². The zero-order chi connectivity index (χ0) is 31.2. The van der Waals surface area contributed by atoms with Crippen LogP contribution in [0.2, 0.25) is 0 Å². The molecule has 0 bridgehead atoms. The first kappa shape index (κ1) is 38.0. The standard InChI is InChI=1S/C29H43N5OS.C2H6O.CH4O/c1-7-34(6)29(30-19-25-13-11-12-21(2)18-25)33-27(31-23(4)17-16-22(3)20-35)24(5)28(36)32-26-14-9-8-10-15-26;1-3-2;1-2/h8-15,18,22-23,31,35H,7,16-17,19-20H2,1-6H3,(H,30,33)(H,32,36);1-2H3;2H,1H3/b27-24+;;/t22?,23-;;/m1../s1. The fourth-order valence-corrected chi connectivity index (χ4v) is 3.76. The number of hydrogen-bond donors (Lipinski definition) is 5. The summed E-state index contributed by atoms with van der Waals surface area (Å²) >= 11 is 5.78. The number of benzene rings is 2. The number of anilines is 1. The Balaban J connectivity index is 0.00000299.